The molecule has 1 atom stereocenters. The molecule has 1 aliphatic rings. The molecule has 6 nitrogen and oxygen atoms in total. The number of aryl methyl sites for hydroxylation is 1. The Hall–Kier alpha value is -2.54. The minimum absolute atomic E-state index is 0.239. The highest BCUT2D eigenvalue weighted by Crippen LogP contribution is 2.38. The number of thiophene rings is 1. The Morgan fingerprint density at radius 3 is 3.00 bits per heavy atom. The lowest BCUT2D eigenvalue weighted by molar-refractivity contribution is 0.509. The van der Waals surface area contributed by atoms with Crippen LogP contribution in [0.25, 0.3) is 27.3 Å². The third-order valence-corrected chi connectivity index (χ3v) is 5.86. The van der Waals surface area contributed by atoms with Crippen LogP contribution in [0.5, 0.6) is 0 Å². The van der Waals surface area contributed by atoms with Gasteiger partial charge in [-0.2, -0.15) is 4.52 Å². The molecule has 1 N–H and O–H groups in total. The Kier molecular flexibility index (Phi) is 2.87. The van der Waals surface area contributed by atoms with Gasteiger partial charge in [0.05, 0.1) is 5.39 Å². The average Bonchev–Trinajstić information content (AvgIpc) is 3.16. The van der Waals surface area contributed by atoms with Crippen molar-refractivity contribution in [2.45, 2.75) is 26.2 Å². The number of pyridine rings is 1. The molecule has 0 saturated heterocycles. The van der Waals surface area contributed by atoms with E-state index in [4.69, 9.17) is 0 Å². The first-order valence-corrected chi connectivity index (χ1v) is 8.86. The minimum atomic E-state index is -0.239. The normalized spacial score (nSPS) is 17.5. The van der Waals surface area contributed by atoms with Crippen LogP contribution in [0.1, 0.15) is 23.8 Å². The fourth-order valence-electron chi connectivity index (χ4n) is 3.46. The van der Waals surface area contributed by atoms with Crippen LogP contribution in [0.15, 0.2) is 29.3 Å². The van der Waals surface area contributed by atoms with Gasteiger partial charge in [-0.05, 0) is 42.9 Å². The summed E-state index contributed by atoms with van der Waals surface area (Å²) in [6.07, 6.45) is 6.70. The van der Waals surface area contributed by atoms with Crippen molar-refractivity contribution in [3.8, 4) is 11.4 Å². The van der Waals surface area contributed by atoms with Crippen molar-refractivity contribution >= 4 is 27.2 Å². The summed E-state index contributed by atoms with van der Waals surface area (Å²) in [7, 11) is 0. The zero-order chi connectivity index (χ0) is 16.3. The van der Waals surface area contributed by atoms with Crippen LogP contribution < -0.4 is 5.69 Å². The second kappa shape index (κ2) is 4.98. The molecule has 5 rings (SSSR count). The van der Waals surface area contributed by atoms with Gasteiger partial charge in [0.25, 0.3) is 0 Å². The SMILES string of the molecule is CC1CCc2c(sc3[nH]c(=O)n4nc(-c5ccncc5)nc4c23)C1. The summed E-state index contributed by atoms with van der Waals surface area (Å²) in [6, 6.07) is 3.70. The molecule has 0 radical (unpaired) electrons. The fourth-order valence-corrected chi connectivity index (χ4v) is 4.86. The van der Waals surface area contributed by atoms with Gasteiger partial charge in [0, 0.05) is 22.8 Å². The van der Waals surface area contributed by atoms with Gasteiger partial charge in [-0.3, -0.25) is 9.97 Å². The van der Waals surface area contributed by atoms with Crippen LogP contribution in [0.2, 0.25) is 0 Å². The van der Waals surface area contributed by atoms with E-state index >= 15 is 0 Å². The van der Waals surface area contributed by atoms with Crippen LogP contribution in [0.4, 0.5) is 0 Å². The minimum Gasteiger partial charge on any atom is -0.297 e. The number of hydrogen-bond donors (Lipinski definition) is 1. The summed E-state index contributed by atoms with van der Waals surface area (Å²) in [5, 5.41) is 5.48. The molecule has 1 unspecified atom stereocenters. The molecule has 7 heteroatoms. The monoisotopic (exact) mass is 337 g/mol. The molecule has 0 aromatic carbocycles. The third-order valence-electron chi connectivity index (χ3n) is 4.69. The Labute approximate surface area is 141 Å². The van der Waals surface area contributed by atoms with E-state index < -0.39 is 0 Å². The molecule has 0 fully saturated rings. The molecule has 120 valence electrons. The lowest BCUT2D eigenvalue weighted by atomic mass is 9.89. The lowest BCUT2D eigenvalue weighted by Gasteiger charge is -2.17. The Morgan fingerprint density at radius 1 is 1.33 bits per heavy atom. The van der Waals surface area contributed by atoms with Gasteiger partial charge in [-0.1, -0.05) is 6.92 Å². The van der Waals surface area contributed by atoms with Gasteiger partial charge in [0.15, 0.2) is 11.5 Å². The number of aromatic nitrogens is 5. The number of hydrogen-bond acceptors (Lipinski definition) is 5. The van der Waals surface area contributed by atoms with Gasteiger partial charge >= 0.3 is 5.69 Å². The molecular weight excluding hydrogens is 322 g/mol. The Balaban J connectivity index is 1.84. The van der Waals surface area contributed by atoms with Crippen molar-refractivity contribution < 1.29 is 0 Å². The molecule has 1 aliphatic carbocycles. The summed E-state index contributed by atoms with van der Waals surface area (Å²) in [4.78, 5) is 26.4. The molecule has 0 amide bonds. The smallest absolute Gasteiger partial charge is 0.297 e. The predicted molar refractivity (Wildman–Crippen MR) is 93.4 cm³/mol. The first-order chi connectivity index (χ1) is 11.7. The van der Waals surface area contributed by atoms with E-state index in [-0.39, 0.29) is 5.69 Å². The number of rotatable bonds is 1. The van der Waals surface area contributed by atoms with Crippen LogP contribution >= 0.6 is 11.3 Å². The van der Waals surface area contributed by atoms with Gasteiger partial charge in [0.1, 0.15) is 4.83 Å². The molecule has 24 heavy (non-hydrogen) atoms. The molecular formula is C17H15N5OS. The molecule has 4 heterocycles. The van der Waals surface area contributed by atoms with E-state index in [1.54, 1.807) is 23.7 Å². The summed E-state index contributed by atoms with van der Waals surface area (Å²) in [5.74, 6) is 1.25. The number of nitrogens with one attached hydrogen (secondary N) is 1. The van der Waals surface area contributed by atoms with Crippen molar-refractivity contribution in [3.05, 3.63) is 45.5 Å². The number of aromatic amines is 1. The van der Waals surface area contributed by atoms with E-state index in [0.717, 1.165) is 28.6 Å². The van der Waals surface area contributed by atoms with Crippen LogP contribution in [0, 0.1) is 5.92 Å². The highest BCUT2D eigenvalue weighted by atomic mass is 32.1. The molecule has 4 aromatic rings. The fraction of sp³-hybridized carbons (Fsp3) is 0.294. The summed E-state index contributed by atoms with van der Waals surface area (Å²) in [6.45, 7) is 2.28. The van der Waals surface area contributed by atoms with Crippen molar-refractivity contribution in [2.24, 2.45) is 5.92 Å². The van der Waals surface area contributed by atoms with Crippen LogP contribution in [-0.4, -0.2) is 24.6 Å². The first-order valence-electron chi connectivity index (χ1n) is 8.04. The maximum Gasteiger partial charge on any atom is 0.349 e. The van der Waals surface area contributed by atoms with E-state index in [2.05, 4.69) is 27.0 Å². The summed E-state index contributed by atoms with van der Waals surface area (Å²) in [5.41, 5.74) is 2.62. The van der Waals surface area contributed by atoms with Gasteiger partial charge < -0.3 is 0 Å². The maximum atomic E-state index is 12.4. The number of H-pyrrole nitrogens is 1. The zero-order valence-corrected chi connectivity index (χ0v) is 13.9. The van der Waals surface area contributed by atoms with E-state index in [1.807, 2.05) is 12.1 Å². The van der Waals surface area contributed by atoms with Crippen LogP contribution in [0.3, 0.4) is 0 Å². The standard InChI is InChI=1S/C17H15N5OS/c1-9-2-3-11-12(8-9)24-16-13(11)15-19-14(10-4-6-18-7-5-10)21-22(15)17(23)20-16/h4-7,9H,2-3,8H2,1H3,(H,20,23). The quantitative estimate of drug-likeness (QED) is 0.579. The van der Waals surface area contributed by atoms with Gasteiger partial charge in [0.2, 0.25) is 0 Å². The number of fused-ring (bicyclic) bond motifs is 5. The molecule has 0 aliphatic heterocycles. The van der Waals surface area contributed by atoms with Crippen molar-refractivity contribution in [2.75, 3.05) is 0 Å². The third kappa shape index (κ3) is 1.94. The van der Waals surface area contributed by atoms with Crippen molar-refractivity contribution in [3.63, 3.8) is 0 Å². The van der Waals surface area contributed by atoms with Crippen LogP contribution in [-0.2, 0) is 12.8 Å². The maximum absolute atomic E-state index is 12.4. The van der Waals surface area contributed by atoms with Gasteiger partial charge in [-0.25, -0.2) is 9.78 Å². The second-order valence-electron chi connectivity index (χ2n) is 6.39. The van der Waals surface area contributed by atoms with E-state index in [0.29, 0.717) is 17.4 Å². The lowest BCUT2D eigenvalue weighted by Crippen LogP contribution is -2.17. The molecule has 4 aromatic heterocycles. The number of nitrogens with zero attached hydrogens (tertiary/aromatic N) is 4. The van der Waals surface area contributed by atoms with Crippen molar-refractivity contribution in [1.82, 2.24) is 24.6 Å². The molecule has 0 saturated carbocycles. The van der Waals surface area contributed by atoms with Gasteiger partial charge in [-0.15, -0.1) is 16.4 Å². The van der Waals surface area contributed by atoms with Crippen molar-refractivity contribution in [1.29, 1.82) is 0 Å². The molecule has 0 spiro atoms. The predicted octanol–water partition coefficient (Wildman–Crippen LogP) is 2.82. The second-order valence-corrected chi connectivity index (χ2v) is 7.50. The highest BCUT2D eigenvalue weighted by Gasteiger charge is 2.24. The Morgan fingerprint density at radius 2 is 2.17 bits per heavy atom. The van der Waals surface area contributed by atoms with E-state index in [1.165, 1.54) is 21.4 Å². The summed E-state index contributed by atoms with van der Waals surface area (Å²) < 4.78 is 1.39. The first kappa shape index (κ1) is 13.9. The van der Waals surface area contributed by atoms with E-state index in [9.17, 15) is 4.79 Å². The average molecular weight is 337 g/mol. The largest absolute Gasteiger partial charge is 0.349 e. The topological polar surface area (TPSA) is 75.9 Å². The summed E-state index contributed by atoms with van der Waals surface area (Å²) >= 11 is 1.69. The zero-order valence-electron chi connectivity index (χ0n) is 13.1. The molecule has 0 bridgehead atoms. The Bertz CT molecular complexity index is 1120. The highest BCUT2D eigenvalue weighted by molar-refractivity contribution is 7.19.